The Morgan fingerprint density at radius 2 is 1.21 bits per heavy atom. The average Bonchev–Trinajstić information content (AvgIpc) is 2.17. The molecule has 2 unspecified atom stereocenters. The zero-order valence-corrected chi connectivity index (χ0v) is 9.19. The van der Waals surface area contributed by atoms with Crippen LogP contribution < -0.4 is 0 Å². The van der Waals surface area contributed by atoms with Gasteiger partial charge in [0.15, 0.2) is 0 Å². The van der Waals surface area contributed by atoms with Crippen molar-refractivity contribution < 1.29 is 0 Å². The van der Waals surface area contributed by atoms with Crippen molar-refractivity contribution in [1.29, 1.82) is 0 Å². The predicted molar refractivity (Wildman–Crippen MR) is 60.5 cm³/mol. The second-order valence-electron chi connectivity index (χ2n) is 3.92. The molecule has 2 heteroatoms. The summed E-state index contributed by atoms with van der Waals surface area (Å²) >= 11 is 0. The van der Waals surface area contributed by atoms with Gasteiger partial charge < -0.3 is 0 Å². The van der Waals surface area contributed by atoms with E-state index >= 15 is 0 Å². The minimum Gasteiger partial charge on any atom is -0.191 e. The highest BCUT2D eigenvalue weighted by molar-refractivity contribution is 4.91. The zero-order chi connectivity index (χ0) is 10.2. The number of rotatable bonds is 0. The van der Waals surface area contributed by atoms with Crippen LogP contribution in [-0.2, 0) is 0 Å². The second-order valence-corrected chi connectivity index (χ2v) is 3.92. The van der Waals surface area contributed by atoms with Crippen molar-refractivity contribution >= 4 is 0 Å². The molecule has 1 heterocycles. The van der Waals surface area contributed by atoms with Gasteiger partial charge in [0.2, 0.25) is 0 Å². The highest BCUT2D eigenvalue weighted by atomic mass is 15.1. The van der Waals surface area contributed by atoms with Gasteiger partial charge in [0, 0.05) is 0 Å². The first-order valence-electron chi connectivity index (χ1n) is 5.49. The summed E-state index contributed by atoms with van der Waals surface area (Å²) in [5, 5.41) is 8.56. The van der Waals surface area contributed by atoms with Crippen molar-refractivity contribution in [2.75, 3.05) is 0 Å². The minimum absolute atomic E-state index is 0.331. The quantitative estimate of drug-likeness (QED) is 0.520. The molecule has 2 nitrogen and oxygen atoms in total. The predicted octanol–water partition coefficient (Wildman–Crippen LogP) is 3.90. The van der Waals surface area contributed by atoms with E-state index < -0.39 is 0 Å². The summed E-state index contributed by atoms with van der Waals surface area (Å²) in [6.07, 6.45) is 13.2. The van der Waals surface area contributed by atoms with E-state index in [1.165, 1.54) is 0 Å². The molecule has 0 bridgehead atoms. The van der Waals surface area contributed by atoms with Crippen LogP contribution in [0.15, 0.2) is 34.5 Å². The topological polar surface area (TPSA) is 24.7 Å². The van der Waals surface area contributed by atoms with E-state index in [1.807, 2.05) is 0 Å². The highest BCUT2D eigenvalue weighted by Gasteiger charge is 1.99. The summed E-state index contributed by atoms with van der Waals surface area (Å²) in [7, 11) is 0. The number of azo groups is 1. The van der Waals surface area contributed by atoms with Gasteiger partial charge in [-0.2, -0.15) is 10.2 Å². The molecule has 1 aliphatic heterocycles. The van der Waals surface area contributed by atoms with E-state index in [2.05, 4.69) is 48.4 Å². The minimum atomic E-state index is 0.331. The van der Waals surface area contributed by atoms with Crippen LogP contribution in [-0.4, -0.2) is 12.1 Å². The lowest BCUT2D eigenvalue weighted by molar-refractivity contribution is 0.623. The van der Waals surface area contributed by atoms with E-state index in [-0.39, 0.29) is 0 Å². The molecule has 1 rings (SSSR count). The van der Waals surface area contributed by atoms with Crippen molar-refractivity contribution in [3.63, 3.8) is 0 Å². The van der Waals surface area contributed by atoms with E-state index in [0.29, 0.717) is 12.1 Å². The summed E-state index contributed by atoms with van der Waals surface area (Å²) in [6, 6.07) is 0.661. The Kier molecular flexibility index (Phi) is 5.20. The monoisotopic (exact) mass is 192 g/mol. The van der Waals surface area contributed by atoms with Crippen LogP contribution in [0, 0.1) is 0 Å². The van der Waals surface area contributed by atoms with Crippen LogP contribution in [0.3, 0.4) is 0 Å². The maximum atomic E-state index is 4.28. The highest BCUT2D eigenvalue weighted by Crippen LogP contribution is 2.07. The molecule has 2 atom stereocenters. The van der Waals surface area contributed by atoms with Crippen molar-refractivity contribution in [2.45, 2.75) is 51.6 Å². The van der Waals surface area contributed by atoms with Crippen LogP contribution >= 0.6 is 0 Å². The first-order chi connectivity index (χ1) is 6.79. The van der Waals surface area contributed by atoms with Crippen LogP contribution in [0.4, 0.5) is 0 Å². The molecule has 78 valence electrons. The van der Waals surface area contributed by atoms with E-state index in [1.54, 1.807) is 0 Å². The van der Waals surface area contributed by atoms with Gasteiger partial charge in [-0.3, -0.25) is 0 Å². The van der Waals surface area contributed by atoms with Gasteiger partial charge in [0.25, 0.3) is 0 Å². The first kappa shape index (κ1) is 11.2. The summed E-state index contributed by atoms with van der Waals surface area (Å²) in [5.74, 6) is 0. The molecular formula is C12H20N2. The average molecular weight is 192 g/mol. The molecule has 0 saturated heterocycles. The molecule has 0 aliphatic carbocycles. The molecule has 0 aromatic carbocycles. The fourth-order valence-electron chi connectivity index (χ4n) is 1.34. The Balaban J connectivity index is 2.53. The SMILES string of the molecule is CC1CC=CCCC=CCC(C)N=N1. The summed E-state index contributed by atoms with van der Waals surface area (Å²) in [6.45, 7) is 4.23. The number of hydrogen-bond donors (Lipinski definition) is 0. The van der Waals surface area contributed by atoms with E-state index in [4.69, 9.17) is 0 Å². The van der Waals surface area contributed by atoms with E-state index in [0.717, 1.165) is 25.7 Å². The molecule has 0 spiro atoms. The zero-order valence-electron chi connectivity index (χ0n) is 9.19. The van der Waals surface area contributed by atoms with Crippen LogP contribution in [0.2, 0.25) is 0 Å². The Morgan fingerprint density at radius 3 is 1.64 bits per heavy atom. The van der Waals surface area contributed by atoms with Gasteiger partial charge in [-0.25, -0.2) is 0 Å². The Labute approximate surface area is 86.8 Å². The van der Waals surface area contributed by atoms with Gasteiger partial charge in [-0.05, 0) is 39.5 Å². The molecule has 14 heavy (non-hydrogen) atoms. The van der Waals surface area contributed by atoms with Gasteiger partial charge >= 0.3 is 0 Å². The van der Waals surface area contributed by atoms with Gasteiger partial charge in [0.05, 0.1) is 12.1 Å². The number of hydrogen-bond acceptors (Lipinski definition) is 2. The lowest BCUT2D eigenvalue weighted by Gasteiger charge is -2.04. The smallest absolute Gasteiger partial charge is 0.0714 e. The molecule has 0 aromatic heterocycles. The van der Waals surface area contributed by atoms with E-state index in [9.17, 15) is 0 Å². The van der Waals surface area contributed by atoms with Gasteiger partial charge in [0.1, 0.15) is 0 Å². The third-order valence-electron chi connectivity index (χ3n) is 2.25. The lowest BCUT2D eigenvalue weighted by atomic mass is 10.1. The normalized spacial score (nSPS) is 29.6. The number of nitrogens with zero attached hydrogens (tertiary/aromatic N) is 2. The molecule has 1 aliphatic rings. The number of allylic oxidation sites excluding steroid dienone is 2. The van der Waals surface area contributed by atoms with Crippen molar-refractivity contribution in [1.82, 2.24) is 0 Å². The molecule has 0 N–H and O–H groups in total. The third-order valence-corrected chi connectivity index (χ3v) is 2.25. The molecule has 0 fully saturated rings. The molecule has 0 saturated carbocycles. The Bertz CT molecular complexity index is 204. The Hall–Kier alpha value is -0.920. The van der Waals surface area contributed by atoms with Crippen molar-refractivity contribution in [3.8, 4) is 0 Å². The first-order valence-corrected chi connectivity index (χ1v) is 5.49. The van der Waals surface area contributed by atoms with Crippen LogP contribution in [0.5, 0.6) is 0 Å². The summed E-state index contributed by atoms with van der Waals surface area (Å²) < 4.78 is 0. The third kappa shape index (κ3) is 4.95. The van der Waals surface area contributed by atoms with Crippen molar-refractivity contribution in [3.05, 3.63) is 24.3 Å². The molecule has 0 amide bonds. The maximum absolute atomic E-state index is 4.28. The molecule has 0 aromatic rings. The van der Waals surface area contributed by atoms with Crippen LogP contribution in [0.25, 0.3) is 0 Å². The van der Waals surface area contributed by atoms with Gasteiger partial charge in [-0.1, -0.05) is 24.3 Å². The molecular weight excluding hydrogens is 172 g/mol. The lowest BCUT2D eigenvalue weighted by Crippen LogP contribution is -1.99. The second kappa shape index (κ2) is 6.52. The summed E-state index contributed by atoms with van der Waals surface area (Å²) in [5.41, 5.74) is 0. The summed E-state index contributed by atoms with van der Waals surface area (Å²) in [4.78, 5) is 0. The molecule has 0 radical (unpaired) electrons. The van der Waals surface area contributed by atoms with Crippen LogP contribution in [0.1, 0.15) is 39.5 Å². The standard InChI is InChI=1S/C12H20N2/c1-11-9-7-5-3-4-6-8-10-12(2)14-13-11/h5-8,11-12H,3-4,9-10H2,1-2H3. The van der Waals surface area contributed by atoms with Crippen molar-refractivity contribution in [2.24, 2.45) is 10.2 Å². The fourth-order valence-corrected chi connectivity index (χ4v) is 1.34. The fraction of sp³-hybridized carbons (Fsp3) is 0.667. The maximum Gasteiger partial charge on any atom is 0.0714 e. The Morgan fingerprint density at radius 1 is 0.786 bits per heavy atom. The largest absolute Gasteiger partial charge is 0.191 e. The van der Waals surface area contributed by atoms with Gasteiger partial charge in [-0.15, -0.1) is 0 Å².